The van der Waals surface area contributed by atoms with Crippen LogP contribution in [0, 0.1) is 11.6 Å². The highest BCUT2D eigenvalue weighted by atomic mass is 79.9. The van der Waals surface area contributed by atoms with E-state index in [1.807, 2.05) is 0 Å². The molecule has 0 aliphatic carbocycles. The molecular formula is C16H12BrF4NO2. The number of nitrogens with zero attached hydrogens (tertiary/aromatic N) is 1. The predicted octanol–water partition coefficient (Wildman–Crippen LogP) is 4.39. The average Bonchev–Trinajstić information content (AvgIpc) is 2.51. The minimum absolute atomic E-state index is 0.0126. The molecule has 0 atom stereocenters. The Labute approximate surface area is 143 Å². The number of halogens is 5. The lowest BCUT2D eigenvalue weighted by molar-refractivity contribution is 0.125. The van der Waals surface area contributed by atoms with Crippen molar-refractivity contribution in [1.29, 1.82) is 0 Å². The number of rotatable bonds is 6. The first-order valence-electron chi connectivity index (χ1n) is 6.75. The molecule has 1 aromatic heterocycles. The summed E-state index contributed by atoms with van der Waals surface area (Å²) < 4.78 is 59.8. The van der Waals surface area contributed by atoms with Gasteiger partial charge in [0.15, 0.2) is 0 Å². The van der Waals surface area contributed by atoms with E-state index in [0.717, 1.165) is 12.1 Å². The molecule has 24 heavy (non-hydrogen) atoms. The van der Waals surface area contributed by atoms with E-state index >= 15 is 0 Å². The standard InChI is InChI=1S/C16H12BrF4NO2/c1-2-5-24-9-6-11(18)15(12(19)7-9)13-4-3-10(17)16(23)22(13)8-14(20)21/h2-4,6-7,14H,1,5,8H2. The zero-order valence-corrected chi connectivity index (χ0v) is 13.8. The second-order valence-electron chi connectivity index (χ2n) is 4.73. The fraction of sp³-hybridized carbons (Fsp3) is 0.188. The van der Waals surface area contributed by atoms with Gasteiger partial charge in [0.25, 0.3) is 12.0 Å². The molecule has 128 valence electrons. The van der Waals surface area contributed by atoms with Gasteiger partial charge >= 0.3 is 0 Å². The molecule has 1 aromatic carbocycles. The topological polar surface area (TPSA) is 31.2 Å². The predicted molar refractivity (Wildman–Crippen MR) is 85.5 cm³/mol. The van der Waals surface area contributed by atoms with Crippen LogP contribution in [0.4, 0.5) is 17.6 Å². The van der Waals surface area contributed by atoms with Crippen molar-refractivity contribution in [1.82, 2.24) is 4.57 Å². The zero-order chi connectivity index (χ0) is 17.9. The van der Waals surface area contributed by atoms with E-state index in [1.165, 1.54) is 18.2 Å². The van der Waals surface area contributed by atoms with Crippen molar-refractivity contribution in [3.63, 3.8) is 0 Å². The Morgan fingerprint density at radius 3 is 2.42 bits per heavy atom. The Kier molecular flexibility index (Phi) is 5.82. The Balaban J connectivity index is 2.62. The third kappa shape index (κ3) is 3.87. The van der Waals surface area contributed by atoms with Gasteiger partial charge in [-0.3, -0.25) is 4.79 Å². The fourth-order valence-electron chi connectivity index (χ4n) is 2.12. The lowest BCUT2D eigenvalue weighted by Gasteiger charge is -2.15. The van der Waals surface area contributed by atoms with Crippen LogP contribution in [0.25, 0.3) is 11.3 Å². The molecule has 8 heteroatoms. The van der Waals surface area contributed by atoms with Gasteiger partial charge in [-0.2, -0.15) is 0 Å². The Morgan fingerprint density at radius 2 is 1.88 bits per heavy atom. The molecule has 0 unspecified atom stereocenters. The summed E-state index contributed by atoms with van der Waals surface area (Å²) >= 11 is 2.92. The van der Waals surface area contributed by atoms with Crippen molar-refractivity contribution in [2.45, 2.75) is 13.0 Å². The second kappa shape index (κ2) is 7.65. The van der Waals surface area contributed by atoms with Crippen LogP contribution >= 0.6 is 15.9 Å². The molecule has 0 spiro atoms. The maximum Gasteiger partial charge on any atom is 0.265 e. The van der Waals surface area contributed by atoms with Crippen molar-refractivity contribution in [3.8, 4) is 17.0 Å². The van der Waals surface area contributed by atoms with Crippen LogP contribution in [0.1, 0.15) is 0 Å². The lowest BCUT2D eigenvalue weighted by Crippen LogP contribution is -2.25. The van der Waals surface area contributed by atoms with Gasteiger partial charge in [0.2, 0.25) is 0 Å². The van der Waals surface area contributed by atoms with Gasteiger partial charge < -0.3 is 9.30 Å². The molecule has 0 amide bonds. The molecule has 0 fully saturated rings. The van der Waals surface area contributed by atoms with E-state index in [0.29, 0.717) is 4.57 Å². The summed E-state index contributed by atoms with van der Waals surface area (Å²) in [6.07, 6.45) is -1.46. The van der Waals surface area contributed by atoms with Crippen LogP contribution in [0.3, 0.4) is 0 Å². The first-order chi connectivity index (χ1) is 11.3. The molecule has 0 aliphatic rings. The molecule has 0 saturated heterocycles. The number of hydrogen-bond donors (Lipinski definition) is 0. The van der Waals surface area contributed by atoms with Gasteiger partial charge in [-0.1, -0.05) is 12.7 Å². The highest BCUT2D eigenvalue weighted by molar-refractivity contribution is 9.10. The monoisotopic (exact) mass is 405 g/mol. The molecular weight excluding hydrogens is 394 g/mol. The van der Waals surface area contributed by atoms with Crippen LogP contribution in [0.2, 0.25) is 0 Å². The molecule has 3 nitrogen and oxygen atoms in total. The molecule has 0 saturated carbocycles. The normalized spacial score (nSPS) is 10.9. The van der Waals surface area contributed by atoms with Gasteiger partial charge in [-0.05, 0) is 28.1 Å². The number of aromatic nitrogens is 1. The first-order valence-corrected chi connectivity index (χ1v) is 7.55. The van der Waals surface area contributed by atoms with Crippen LogP contribution < -0.4 is 10.3 Å². The minimum Gasteiger partial charge on any atom is -0.489 e. The molecule has 2 rings (SSSR count). The highest BCUT2D eigenvalue weighted by Crippen LogP contribution is 2.30. The fourth-order valence-corrected chi connectivity index (χ4v) is 2.47. The van der Waals surface area contributed by atoms with Crippen LogP contribution in [0.15, 0.2) is 46.2 Å². The zero-order valence-electron chi connectivity index (χ0n) is 12.2. The van der Waals surface area contributed by atoms with Gasteiger partial charge in [0, 0.05) is 12.1 Å². The maximum absolute atomic E-state index is 14.3. The second-order valence-corrected chi connectivity index (χ2v) is 5.59. The number of ether oxygens (including phenoxy) is 1. The Bertz CT molecular complexity index is 797. The van der Waals surface area contributed by atoms with Gasteiger partial charge in [0.1, 0.15) is 24.0 Å². The lowest BCUT2D eigenvalue weighted by atomic mass is 10.1. The van der Waals surface area contributed by atoms with E-state index in [2.05, 4.69) is 22.5 Å². The van der Waals surface area contributed by atoms with Crippen molar-refractivity contribution < 1.29 is 22.3 Å². The summed E-state index contributed by atoms with van der Waals surface area (Å²) in [6, 6.07) is 4.28. The van der Waals surface area contributed by atoms with Gasteiger partial charge in [-0.25, -0.2) is 17.6 Å². The third-order valence-electron chi connectivity index (χ3n) is 3.09. The van der Waals surface area contributed by atoms with Gasteiger partial charge in [-0.15, -0.1) is 0 Å². The molecule has 0 radical (unpaired) electrons. The van der Waals surface area contributed by atoms with Crippen molar-refractivity contribution >= 4 is 15.9 Å². The highest BCUT2D eigenvalue weighted by Gasteiger charge is 2.20. The molecule has 0 bridgehead atoms. The number of hydrogen-bond acceptors (Lipinski definition) is 2. The number of pyridine rings is 1. The van der Waals surface area contributed by atoms with E-state index in [1.54, 1.807) is 0 Å². The quantitative estimate of drug-likeness (QED) is 0.527. The third-order valence-corrected chi connectivity index (χ3v) is 3.69. The van der Waals surface area contributed by atoms with Crippen LogP contribution in [-0.4, -0.2) is 17.6 Å². The molecule has 0 aliphatic heterocycles. The summed E-state index contributed by atoms with van der Waals surface area (Å²) in [4.78, 5) is 12.0. The number of alkyl halides is 2. The average molecular weight is 406 g/mol. The first kappa shape index (κ1) is 18.3. The van der Waals surface area contributed by atoms with E-state index in [9.17, 15) is 22.4 Å². The van der Waals surface area contributed by atoms with Crippen LogP contribution in [-0.2, 0) is 6.54 Å². The Morgan fingerprint density at radius 1 is 1.25 bits per heavy atom. The number of benzene rings is 1. The van der Waals surface area contributed by atoms with E-state index in [-0.39, 0.29) is 22.5 Å². The minimum atomic E-state index is -2.86. The molecule has 2 aromatic rings. The van der Waals surface area contributed by atoms with Crippen molar-refractivity contribution in [2.24, 2.45) is 0 Å². The largest absolute Gasteiger partial charge is 0.489 e. The summed E-state index contributed by atoms with van der Waals surface area (Å²) in [5.74, 6) is -2.13. The summed E-state index contributed by atoms with van der Waals surface area (Å²) in [7, 11) is 0. The van der Waals surface area contributed by atoms with Crippen molar-refractivity contribution in [3.05, 3.63) is 63.4 Å². The van der Waals surface area contributed by atoms with Crippen LogP contribution in [0.5, 0.6) is 5.75 Å². The Hall–Kier alpha value is -2.09. The molecule has 1 heterocycles. The van der Waals surface area contributed by atoms with Gasteiger partial charge in [0.05, 0.1) is 22.3 Å². The van der Waals surface area contributed by atoms with Crippen molar-refractivity contribution in [2.75, 3.05) is 6.61 Å². The summed E-state index contributed by atoms with van der Waals surface area (Å²) in [6.45, 7) is 2.48. The summed E-state index contributed by atoms with van der Waals surface area (Å²) in [5, 5.41) is 0. The molecule has 0 N–H and O–H groups in total. The van der Waals surface area contributed by atoms with E-state index in [4.69, 9.17) is 4.74 Å². The summed E-state index contributed by atoms with van der Waals surface area (Å²) in [5.41, 5.74) is -1.67. The smallest absolute Gasteiger partial charge is 0.265 e. The maximum atomic E-state index is 14.3. The van der Waals surface area contributed by atoms with E-state index < -0.39 is 35.7 Å². The SMILES string of the molecule is C=CCOc1cc(F)c(-c2ccc(Br)c(=O)n2CC(F)F)c(F)c1.